The molecule has 1 fully saturated rings. The Hall–Kier alpha value is -2.00. The summed E-state index contributed by atoms with van der Waals surface area (Å²) < 4.78 is 39.6. The summed E-state index contributed by atoms with van der Waals surface area (Å²) >= 11 is 0. The highest BCUT2D eigenvalue weighted by atomic mass is 32.2. The average molecular weight is 385 g/mol. The SMILES string of the molecule is CCCC(=O)NCC(=O)N1CCCN(S(=O)(=O)c2ccc(F)cc2)CC1. The van der Waals surface area contributed by atoms with Crippen molar-refractivity contribution in [2.24, 2.45) is 0 Å². The van der Waals surface area contributed by atoms with Gasteiger partial charge in [-0.05, 0) is 37.1 Å². The minimum atomic E-state index is -3.73. The van der Waals surface area contributed by atoms with E-state index in [1.54, 1.807) is 4.90 Å². The van der Waals surface area contributed by atoms with Crippen LogP contribution in [-0.2, 0) is 19.6 Å². The van der Waals surface area contributed by atoms with Crippen molar-refractivity contribution in [3.05, 3.63) is 30.1 Å². The number of rotatable bonds is 6. The van der Waals surface area contributed by atoms with Crippen molar-refractivity contribution in [2.45, 2.75) is 31.1 Å². The van der Waals surface area contributed by atoms with Crippen molar-refractivity contribution in [1.29, 1.82) is 0 Å². The lowest BCUT2D eigenvalue weighted by molar-refractivity contribution is -0.132. The molecule has 0 aromatic heterocycles. The van der Waals surface area contributed by atoms with E-state index in [1.165, 1.54) is 16.4 Å². The Kier molecular flexibility index (Phi) is 7.10. The van der Waals surface area contributed by atoms with E-state index in [4.69, 9.17) is 0 Å². The zero-order chi connectivity index (χ0) is 19.2. The maximum absolute atomic E-state index is 13.0. The van der Waals surface area contributed by atoms with Crippen molar-refractivity contribution in [1.82, 2.24) is 14.5 Å². The Bertz CT molecular complexity index is 737. The third kappa shape index (κ3) is 5.25. The molecular weight excluding hydrogens is 361 g/mol. The molecule has 9 heteroatoms. The van der Waals surface area contributed by atoms with E-state index < -0.39 is 15.8 Å². The first-order chi connectivity index (χ1) is 12.3. The van der Waals surface area contributed by atoms with E-state index in [2.05, 4.69) is 5.32 Å². The van der Waals surface area contributed by atoms with Crippen LogP contribution in [0.4, 0.5) is 4.39 Å². The standard InChI is InChI=1S/C17H24FN3O4S/c1-2-4-16(22)19-13-17(23)20-9-3-10-21(12-11-20)26(24,25)15-7-5-14(18)6-8-15/h5-8H,2-4,9-13H2,1H3,(H,19,22). The number of nitrogens with zero attached hydrogens (tertiary/aromatic N) is 2. The first-order valence-electron chi connectivity index (χ1n) is 8.64. The summed E-state index contributed by atoms with van der Waals surface area (Å²) in [6.07, 6.45) is 1.58. The molecule has 1 heterocycles. The lowest BCUT2D eigenvalue weighted by Crippen LogP contribution is -2.42. The van der Waals surface area contributed by atoms with E-state index in [0.717, 1.165) is 12.1 Å². The van der Waals surface area contributed by atoms with Crippen LogP contribution in [0.5, 0.6) is 0 Å². The van der Waals surface area contributed by atoms with Gasteiger partial charge in [-0.15, -0.1) is 0 Å². The molecule has 1 aromatic carbocycles. The number of nitrogens with one attached hydrogen (secondary N) is 1. The lowest BCUT2D eigenvalue weighted by Gasteiger charge is -2.22. The fraction of sp³-hybridized carbons (Fsp3) is 0.529. The van der Waals surface area contributed by atoms with Crippen LogP contribution in [0.25, 0.3) is 0 Å². The molecule has 1 aliphatic heterocycles. The van der Waals surface area contributed by atoms with E-state index in [1.807, 2.05) is 6.92 Å². The second kappa shape index (κ2) is 9.09. The summed E-state index contributed by atoms with van der Waals surface area (Å²) in [5, 5.41) is 2.58. The zero-order valence-corrected chi connectivity index (χ0v) is 15.6. The highest BCUT2D eigenvalue weighted by molar-refractivity contribution is 7.89. The lowest BCUT2D eigenvalue weighted by atomic mass is 10.3. The Morgan fingerprint density at radius 2 is 1.81 bits per heavy atom. The van der Waals surface area contributed by atoms with Crippen LogP contribution >= 0.6 is 0 Å². The smallest absolute Gasteiger partial charge is 0.243 e. The molecule has 1 aromatic rings. The van der Waals surface area contributed by atoms with E-state index in [9.17, 15) is 22.4 Å². The predicted octanol–water partition coefficient (Wildman–Crippen LogP) is 0.965. The van der Waals surface area contributed by atoms with Gasteiger partial charge in [0.25, 0.3) is 0 Å². The zero-order valence-electron chi connectivity index (χ0n) is 14.8. The summed E-state index contributed by atoms with van der Waals surface area (Å²) in [7, 11) is -3.73. The number of halogens is 1. The monoisotopic (exact) mass is 385 g/mol. The van der Waals surface area contributed by atoms with Crippen molar-refractivity contribution in [3.8, 4) is 0 Å². The van der Waals surface area contributed by atoms with Crippen LogP contribution in [-0.4, -0.2) is 62.2 Å². The fourth-order valence-corrected chi connectivity index (χ4v) is 4.21. The average Bonchev–Trinajstić information content (AvgIpc) is 2.87. The second-order valence-electron chi connectivity index (χ2n) is 6.12. The molecule has 0 unspecified atom stereocenters. The molecule has 0 saturated carbocycles. The number of benzene rings is 1. The molecule has 2 rings (SSSR count). The van der Waals surface area contributed by atoms with Crippen molar-refractivity contribution >= 4 is 21.8 Å². The van der Waals surface area contributed by atoms with Gasteiger partial charge in [-0.25, -0.2) is 12.8 Å². The molecule has 0 atom stereocenters. The minimum absolute atomic E-state index is 0.0329. The molecule has 26 heavy (non-hydrogen) atoms. The van der Waals surface area contributed by atoms with Gasteiger partial charge < -0.3 is 10.2 Å². The quantitative estimate of drug-likeness (QED) is 0.790. The molecule has 7 nitrogen and oxygen atoms in total. The molecule has 2 amide bonds. The summed E-state index contributed by atoms with van der Waals surface area (Å²) in [6.45, 7) is 2.93. The maximum atomic E-state index is 13.0. The summed E-state index contributed by atoms with van der Waals surface area (Å²) in [5.41, 5.74) is 0. The second-order valence-corrected chi connectivity index (χ2v) is 8.06. The third-order valence-corrected chi connectivity index (χ3v) is 6.09. The summed E-state index contributed by atoms with van der Waals surface area (Å²) in [4.78, 5) is 25.3. The van der Waals surface area contributed by atoms with Crippen LogP contribution in [0.3, 0.4) is 0 Å². The van der Waals surface area contributed by atoms with Crippen molar-refractivity contribution in [3.63, 3.8) is 0 Å². The molecule has 1 N–H and O–H groups in total. The Morgan fingerprint density at radius 3 is 2.46 bits per heavy atom. The number of sulfonamides is 1. The van der Waals surface area contributed by atoms with Crippen LogP contribution in [0.15, 0.2) is 29.2 Å². The van der Waals surface area contributed by atoms with Gasteiger partial charge in [0, 0.05) is 32.6 Å². The normalized spacial score (nSPS) is 16.2. The largest absolute Gasteiger partial charge is 0.347 e. The molecule has 1 saturated heterocycles. The molecule has 0 bridgehead atoms. The molecule has 0 aliphatic carbocycles. The van der Waals surface area contributed by atoms with E-state index in [-0.39, 0.29) is 42.9 Å². The first-order valence-corrected chi connectivity index (χ1v) is 10.1. The molecular formula is C17H24FN3O4S. The first kappa shape index (κ1) is 20.3. The number of hydrogen-bond donors (Lipinski definition) is 1. The summed E-state index contributed by atoms with van der Waals surface area (Å²) in [6, 6.07) is 4.70. The van der Waals surface area contributed by atoms with Gasteiger partial charge in [-0.1, -0.05) is 6.92 Å². The van der Waals surface area contributed by atoms with Crippen LogP contribution in [0, 0.1) is 5.82 Å². The van der Waals surface area contributed by atoms with Gasteiger partial charge in [0.2, 0.25) is 21.8 Å². The molecule has 1 aliphatic rings. The van der Waals surface area contributed by atoms with Crippen molar-refractivity contribution in [2.75, 3.05) is 32.7 Å². The molecule has 144 valence electrons. The van der Waals surface area contributed by atoms with Gasteiger partial charge in [0.15, 0.2) is 0 Å². The van der Waals surface area contributed by atoms with E-state index >= 15 is 0 Å². The summed E-state index contributed by atoms with van der Waals surface area (Å²) in [5.74, 6) is -0.895. The fourth-order valence-electron chi connectivity index (χ4n) is 2.74. The van der Waals surface area contributed by atoms with Crippen LogP contribution in [0.2, 0.25) is 0 Å². The Balaban J connectivity index is 1.95. The van der Waals surface area contributed by atoms with Gasteiger partial charge >= 0.3 is 0 Å². The van der Waals surface area contributed by atoms with Crippen LogP contribution in [0.1, 0.15) is 26.2 Å². The Morgan fingerprint density at radius 1 is 1.12 bits per heavy atom. The van der Waals surface area contributed by atoms with Crippen LogP contribution < -0.4 is 5.32 Å². The topological polar surface area (TPSA) is 86.8 Å². The number of carbonyl (C=O) groups is 2. The highest BCUT2D eigenvalue weighted by Gasteiger charge is 2.28. The van der Waals surface area contributed by atoms with E-state index in [0.29, 0.717) is 25.8 Å². The van der Waals surface area contributed by atoms with Gasteiger partial charge in [-0.3, -0.25) is 9.59 Å². The predicted molar refractivity (Wildman–Crippen MR) is 94.3 cm³/mol. The van der Waals surface area contributed by atoms with Gasteiger partial charge in [0.1, 0.15) is 5.82 Å². The third-order valence-electron chi connectivity index (χ3n) is 4.17. The highest BCUT2D eigenvalue weighted by Crippen LogP contribution is 2.18. The van der Waals surface area contributed by atoms with Crippen molar-refractivity contribution < 1.29 is 22.4 Å². The van der Waals surface area contributed by atoms with Gasteiger partial charge in [-0.2, -0.15) is 4.31 Å². The number of amides is 2. The Labute approximate surface area is 153 Å². The molecule has 0 radical (unpaired) electrons. The number of carbonyl (C=O) groups excluding carboxylic acids is 2. The minimum Gasteiger partial charge on any atom is -0.347 e. The molecule has 0 spiro atoms. The van der Waals surface area contributed by atoms with Gasteiger partial charge in [0.05, 0.1) is 11.4 Å². The maximum Gasteiger partial charge on any atom is 0.243 e. The number of hydrogen-bond acceptors (Lipinski definition) is 4.